The van der Waals surface area contributed by atoms with E-state index < -0.39 is 0 Å². The molecule has 5 heteroatoms. The molecule has 5 nitrogen and oxygen atoms in total. The van der Waals surface area contributed by atoms with E-state index >= 15 is 0 Å². The summed E-state index contributed by atoms with van der Waals surface area (Å²) < 4.78 is 7.63. The summed E-state index contributed by atoms with van der Waals surface area (Å²) in [6, 6.07) is 7.96. The lowest BCUT2D eigenvalue weighted by Gasteiger charge is -2.24. The van der Waals surface area contributed by atoms with Gasteiger partial charge < -0.3 is 9.64 Å². The topological polar surface area (TPSA) is 47.4 Å². The van der Waals surface area contributed by atoms with Gasteiger partial charge in [0.1, 0.15) is 5.75 Å². The number of amides is 1. The molecule has 0 N–H and O–H groups in total. The van der Waals surface area contributed by atoms with Gasteiger partial charge in [0.2, 0.25) is 5.91 Å². The Hall–Kier alpha value is -2.30. The Kier molecular flexibility index (Phi) is 4.88. The van der Waals surface area contributed by atoms with E-state index in [0.29, 0.717) is 6.42 Å². The fourth-order valence-electron chi connectivity index (χ4n) is 3.31. The molecule has 1 aliphatic heterocycles. The molecule has 1 aliphatic rings. The van der Waals surface area contributed by atoms with Crippen molar-refractivity contribution < 1.29 is 9.53 Å². The molecular formula is C19H25N3O2. The van der Waals surface area contributed by atoms with Gasteiger partial charge in [0.05, 0.1) is 24.8 Å². The highest BCUT2D eigenvalue weighted by atomic mass is 16.5. The van der Waals surface area contributed by atoms with Crippen molar-refractivity contribution in [1.29, 1.82) is 0 Å². The maximum atomic E-state index is 12.9. The standard InChI is InChI=1S/C19H25N3O2/c1-14(2)24-18-9-5-4-7-15(18)11-19(23)22-10-6-8-17(22)16-12-20-21(3)13-16/h4-5,7,9,12-14,17H,6,8,10-11H2,1-3H3. The molecule has 1 unspecified atom stereocenters. The molecule has 1 saturated heterocycles. The third-order valence-corrected chi connectivity index (χ3v) is 4.36. The maximum Gasteiger partial charge on any atom is 0.227 e. The van der Waals surface area contributed by atoms with Gasteiger partial charge in [-0.2, -0.15) is 5.10 Å². The minimum atomic E-state index is 0.0937. The molecule has 0 saturated carbocycles. The van der Waals surface area contributed by atoms with Crippen molar-refractivity contribution in [3.63, 3.8) is 0 Å². The second kappa shape index (κ2) is 7.07. The molecule has 0 aliphatic carbocycles. The molecule has 3 rings (SSSR count). The van der Waals surface area contributed by atoms with Crippen LogP contribution in [0.5, 0.6) is 5.75 Å². The number of nitrogens with zero attached hydrogens (tertiary/aromatic N) is 3. The largest absolute Gasteiger partial charge is 0.491 e. The molecule has 1 amide bonds. The van der Waals surface area contributed by atoms with E-state index in [1.165, 1.54) is 0 Å². The summed E-state index contributed by atoms with van der Waals surface area (Å²) >= 11 is 0. The zero-order valence-electron chi connectivity index (χ0n) is 14.6. The molecule has 24 heavy (non-hydrogen) atoms. The number of carbonyl (C=O) groups is 1. The van der Waals surface area contributed by atoms with Crippen molar-refractivity contribution in [2.45, 2.75) is 45.3 Å². The van der Waals surface area contributed by atoms with Gasteiger partial charge in [-0.3, -0.25) is 9.48 Å². The lowest BCUT2D eigenvalue weighted by Crippen LogP contribution is -2.31. The monoisotopic (exact) mass is 327 g/mol. The predicted molar refractivity (Wildman–Crippen MR) is 92.8 cm³/mol. The average Bonchev–Trinajstić information content (AvgIpc) is 3.17. The van der Waals surface area contributed by atoms with E-state index in [4.69, 9.17) is 4.74 Å². The highest BCUT2D eigenvalue weighted by molar-refractivity contribution is 5.80. The Morgan fingerprint density at radius 1 is 1.38 bits per heavy atom. The number of likely N-dealkylation sites (tertiary alicyclic amines) is 1. The van der Waals surface area contributed by atoms with Gasteiger partial charge in [-0.1, -0.05) is 18.2 Å². The van der Waals surface area contributed by atoms with Crippen LogP contribution in [0.1, 0.15) is 43.9 Å². The third-order valence-electron chi connectivity index (χ3n) is 4.36. The van der Waals surface area contributed by atoms with Crippen molar-refractivity contribution in [2.75, 3.05) is 6.54 Å². The highest BCUT2D eigenvalue weighted by Gasteiger charge is 2.31. The minimum absolute atomic E-state index is 0.0937. The normalized spacial score (nSPS) is 17.5. The van der Waals surface area contributed by atoms with Crippen LogP contribution in [0.2, 0.25) is 0 Å². The van der Waals surface area contributed by atoms with Gasteiger partial charge in [-0.25, -0.2) is 0 Å². The summed E-state index contributed by atoms with van der Waals surface area (Å²) in [6.45, 7) is 4.81. The Bertz CT molecular complexity index is 708. The fraction of sp³-hybridized carbons (Fsp3) is 0.474. The number of rotatable bonds is 5. The number of aromatic nitrogens is 2. The Labute approximate surface area is 143 Å². The molecule has 0 bridgehead atoms. The molecule has 1 atom stereocenters. The molecule has 1 fully saturated rings. The second-order valence-electron chi connectivity index (χ2n) is 6.64. The first kappa shape index (κ1) is 16.6. The first-order valence-electron chi connectivity index (χ1n) is 8.57. The number of benzene rings is 1. The van der Waals surface area contributed by atoms with E-state index in [9.17, 15) is 4.79 Å². The van der Waals surface area contributed by atoms with E-state index in [-0.39, 0.29) is 18.1 Å². The smallest absolute Gasteiger partial charge is 0.227 e. The Balaban J connectivity index is 1.75. The molecule has 2 heterocycles. The van der Waals surface area contributed by atoms with Gasteiger partial charge in [0, 0.05) is 30.9 Å². The summed E-state index contributed by atoms with van der Waals surface area (Å²) in [7, 11) is 1.91. The zero-order chi connectivity index (χ0) is 17.1. The molecule has 2 aromatic rings. The van der Waals surface area contributed by atoms with Crippen LogP contribution in [0.3, 0.4) is 0 Å². The Morgan fingerprint density at radius 2 is 2.17 bits per heavy atom. The van der Waals surface area contributed by atoms with E-state index in [1.807, 2.05) is 62.5 Å². The van der Waals surface area contributed by atoms with Gasteiger partial charge in [0.25, 0.3) is 0 Å². The third kappa shape index (κ3) is 3.61. The second-order valence-corrected chi connectivity index (χ2v) is 6.64. The number of aryl methyl sites for hydroxylation is 1. The lowest BCUT2D eigenvalue weighted by molar-refractivity contribution is -0.131. The summed E-state index contributed by atoms with van der Waals surface area (Å²) in [5.74, 6) is 0.958. The van der Waals surface area contributed by atoms with Crippen molar-refractivity contribution in [1.82, 2.24) is 14.7 Å². The fourth-order valence-corrected chi connectivity index (χ4v) is 3.31. The Morgan fingerprint density at radius 3 is 2.88 bits per heavy atom. The van der Waals surface area contributed by atoms with Crippen LogP contribution >= 0.6 is 0 Å². The summed E-state index contributed by atoms with van der Waals surface area (Å²) in [5, 5.41) is 4.24. The summed E-state index contributed by atoms with van der Waals surface area (Å²) in [6.07, 6.45) is 6.38. The van der Waals surface area contributed by atoms with Gasteiger partial charge in [-0.15, -0.1) is 0 Å². The van der Waals surface area contributed by atoms with E-state index in [0.717, 1.165) is 36.3 Å². The van der Waals surface area contributed by atoms with Crippen LogP contribution in [-0.2, 0) is 18.3 Å². The lowest BCUT2D eigenvalue weighted by atomic mass is 10.1. The zero-order valence-corrected chi connectivity index (χ0v) is 14.6. The average molecular weight is 327 g/mol. The number of hydrogen-bond acceptors (Lipinski definition) is 3. The molecule has 0 spiro atoms. The molecule has 128 valence electrons. The van der Waals surface area contributed by atoms with Crippen molar-refractivity contribution in [3.8, 4) is 5.75 Å². The van der Waals surface area contributed by atoms with Crippen LogP contribution in [0.25, 0.3) is 0 Å². The molecule has 1 aromatic carbocycles. The predicted octanol–water partition coefficient (Wildman–Crippen LogP) is 3.11. The maximum absolute atomic E-state index is 12.9. The number of para-hydroxylation sites is 1. The van der Waals surface area contributed by atoms with Crippen LogP contribution in [-0.4, -0.2) is 33.2 Å². The number of carbonyl (C=O) groups excluding carboxylic acids is 1. The highest BCUT2D eigenvalue weighted by Crippen LogP contribution is 2.32. The van der Waals surface area contributed by atoms with Crippen molar-refractivity contribution >= 4 is 5.91 Å². The molecule has 1 aromatic heterocycles. The minimum Gasteiger partial charge on any atom is -0.491 e. The van der Waals surface area contributed by atoms with Gasteiger partial charge >= 0.3 is 0 Å². The van der Waals surface area contributed by atoms with Crippen LogP contribution < -0.4 is 4.74 Å². The van der Waals surface area contributed by atoms with Gasteiger partial charge in [-0.05, 0) is 32.8 Å². The number of ether oxygens (including phenoxy) is 1. The summed E-state index contributed by atoms with van der Waals surface area (Å²) in [4.78, 5) is 14.9. The van der Waals surface area contributed by atoms with Crippen LogP contribution in [0.15, 0.2) is 36.7 Å². The van der Waals surface area contributed by atoms with E-state index in [2.05, 4.69) is 5.10 Å². The summed E-state index contributed by atoms with van der Waals surface area (Å²) in [5.41, 5.74) is 2.07. The van der Waals surface area contributed by atoms with Crippen LogP contribution in [0.4, 0.5) is 0 Å². The molecule has 0 radical (unpaired) electrons. The van der Waals surface area contributed by atoms with Gasteiger partial charge in [0.15, 0.2) is 0 Å². The molecular weight excluding hydrogens is 302 g/mol. The quantitative estimate of drug-likeness (QED) is 0.848. The number of hydrogen-bond donors (Lipinski definition) is 0. The van der Waals surface area contributed by atoms with Crippen molar-refractivity contribution in [3.05, 3.63) is 47.8 Å². The SMILES string of the molecule is CC(C)Oc1ccccc1CC(=O)N1CCCC1c1cnn(C)c1. The van der Waals surface area contributed by atoms with Crippen LogP contribution in [0, 0.1) is 0 Å². The van der Waals surface area contributed by atoms with Crippen molar-refractivity contribution in [2.24, 2.45) is 7.05 Å². The van der Waals surface area contributed by atoms with E-state index in [1.54, 1.807) is 4.68 Å². The first-order valence-corrected chi connectivity index (χ1v) is 8.57. The first-order chi connectivity index (χ1) is 11.5.